The average molecular weight is 352 g/mol. The summed E-state index contributed by atoms with van der Waals surface area (Å²) in [5.74, 6) is 0.439. The third-order valence-corrected chi connectivity index (χ3v) is 5.98. The van der Waals surface area contributed by atoms with Crippen LogP contribution in [0.1, 0.15) is 29.0 Å². The first kappa shape index (κ1) is 16.5. The number of likely N-dealkylation sites (N-methyl/N-ethyl adjacent to an activating group) is 1. The number of benzene rings is 3. The first-order valence-corrected chi connectivity index (χ1v) is 9.72. The highest BCUT2D eigenvalue weighted by atomic mass is 15.1. The molecule has 1 aliphatic heterocycles. The topological polar surface area (TPSA) is 15.6 Å². The van der Waals surface area contributed by atoms with Gasteiger partial charge in [0.25, 0.3) is 0 Å². The molecule has 3 atom stereocenters. The molecule has 0 fully saturated rings. The zero-order valence-electron chi connectivity index (χ0n) is 15.8. The summed E-state index contributed by atoms with van der Waals surface area (Å²) in [5.41, 5.74) is 5.09. The lowest BCUT2D eigenvalue weighted by Crippen LogP contribution is -2.44. The minimum Gasteiger partial charge on any atom is -0.301 e. The van der Waals surface area contributed by atoms with Crippen LogP contribution in [-0.4, -0.2) is 36.8 Å². The van der Waals surface area contributed by atoms with Gasteiger partial charge in [-0.25, -0.2) is 0 Å². The van der Waals surface area contributed by atoms with Crippen molar-refractivity contribution in [3.63, 3.8) is 0 Å². The number of aliphatic imine (C=N–C) groups is 1. The molecule has 27 heavy (non-hydrogen) atoms. The van der Waals surface area contributed by atoms with Gasteiger partial charge in [-0.3, -0.25) is 4.99 Å². The smallest absolute Gasteiger partial charge is 0.0769 e. The van der Waals surface area contributed by atoms with Crippen LogP contribution < -0.4 is 0 Å². The maximum Gasteiger partial charge on any atom is 0.0769 e. The van der Waals surface area contributed by atoms with E-state index in [2.05, 4.69) is 97.9 Å². The standard InChI is InChI=1S/C25H24N2/c1-27(2)23-14-8-13-20-21-15-18-11-6-7-12-19(18)16-22(21)24(26-25(20)23)17-9-4-3-5-10-17/h3-12,14-16,20,23,25H,13H2,1-2H3/t20-,23-,25?/m0/s1. The fourth-order valence-corrected chi connectivity index (χ4v) is 4.63. The van der Waals surface area contributed by atoms with Gasteiger partial charge in [0.1, 0.15) is 0 Å². The molecule has 0 radical (unpaired) electrons. The van der Waals surface area contributed by atoms with E-state index >= 15 is 0 Å². The van der Waals surface area contributed by atoms with Gasteiger partial charge in [0, 0.05) is 17.0 Å². The molecule has 0 aromatic heterocycles. The molecule has 0 saturated heterocycles. The molecule has 0 saturated carbocycles. The molecule has 0 amide bonds. The van der Waals surface area contributed by atoms with E-state index in [9.17, 15) is 0 Å². The Morgan fingerprint density at radius 1 is 0.889 bits per heavy atom. The second kappa shape index (κ2) is 6.47. The van der Waals surface area contributed by atoms with E-state index in [1.807, 2.05) is 0 Å². The number of nitrogens with zero attached hydrogens (tertiary/aromatic N) is 2. The second-order valence-electron chi connectivity index (χ2n) is 7.85. The Kier molecular flexibility index (Phi) is 3.95. The summed E-state index contributed by atoms with van der Waals surface area (Å²) in [4.78, 5) is 7.65. The van der Waals surface area contributed by atoms with E-state index in [-0.39, 0.29) is 6.04 Å². The lowest BCUT2D eigenvalue weighted by Gasteiger charge is -2.40. The molecule has 2 aliphatic rings. The summed E-state index contributed by atoms with van der Waals surface area (Å²) >= 11 is 0. The maximum absolute atomic E-state index is 5.35. The van der Waals surface area contributed by atoms with E-state index in [0.717, 1.165) is 12.1 Å². The molecule has 1 unspecified atom stereocenters. The van der Waals surface area contributed by atoms with Gasteiger partial charge in [-0.15, -0.1) is 0 Å². The van der Waals surface area contributed by atoms with Crippen LogP contribution in [-0.2, 0) is 0 Å². The summed E-state index contributed by atoms with van der Waals surface area (Å²) in [6.45, 7) is 0. The molecule has 0 bridgehead atoms. The zero-order chi connectivity index (χ0) is 18.4. The first-order valence-electron chi connectivity index (χ1n) is 9.72. The molecule has 0 N–H and O–H groups in total. The van der Waals surface area contributed by atoms with Gasteiger partial charge in [0.2, 0.25) is 0 Å². The van der Waals surface area contributed by atoms with Crippen molar-refractivity contribution in [2.24, 2.45) is 4.99 Å². The minimum absolute atomic E-state index is 0.258. The maximum atomic E-state index is 5.35. The minimum atomic E-state index is 0.258. The van der Waals surface area contributed by atoms with E-state index < -0.39 is 0 Å². The molecule has 0 spiro atoms. The van der Waals surface area contributed by atoms with Crippen LogP contribution in [0.5, 0.6) is 0 Å². The third kappa shape index (κ3) is 2.72. The Labute approximate surface area is 160 Å². The van der Waals surface area contributed by atoms with Gasteiger partial charge in [0.15, 0.2) is 0 Å². The largest absolute Gasteiger partial charge is 0.301 e. The Morgan fingerprint density at radius 2 is 1.59 bits per heavy atom. The van der Waals surface area contributed by atoms with Crippen molar-refractivity contribution in [3.8, 4) is 0 Å². The van der Waals surface area contributed by atoms with Crippen molar-refractivity contribution in [3.05, 3.63) is 95.6 Å². The summed E-state index contributed by atoms with van der Waals surface area (Å²) in [6, 6.07) is 24.7. The molecule has 3 aromatic rings. The van der Waals surface area contributed by atoms with Gasteiger partial charge in [-0.1, -0.05) is 72.8 Å². The highest BCUT2D eigenvalue weighted by Gasteiger charge is 2.37. The highest BCUT2D eigenvalue weighted by molar-refractivity contribution is 6.16. The third-order valence-electron chi connectivity index (χ3n) is 5.98. The van der Waals surface area contributed by atoms with Crippen molar-refractivity contribution in [2.45, 2.75) is 24.4 Å². The second-order valence-corrected chi connectivity index (χ2v) is 7.85. The fourth-order valence-electron chi connectivity index (χ4n) is 4.63. The molecular formula is C25H24N2. The molecule has 5 rings (SSSR count). The lowest BCUT2D eigenvalue weighted by atomic mass is 9.74. The Balaban J connectivity index is 1.77. The molecular weight excluding hydrogens is 328 g/mol. The van der Waals surface area contributed by atoms with Gasteiger partial charge in [-0.05, 0) is 42.9 Å². The number of rotatable bonds is 2. The fraction of sp³-hybridized carbons (Fsp3) is 0.240. The Bertz CT molecular complexity index is 1050. The van der Waals surface area contributed by atoms with E-state index in [1.165, 1.54) is 27.5 Å². The summed E-state index contributed by atoms with van der Waals surface area (Å²) in [6.07, 6.45) is 5.74. The normalized spacial score (nSPS) is 23.8. The number of allylic oxidation sites excluding steroid dienone is 1. The zero-order valence-corrected chi connectivity index (χ0v) is 15.8. The number of fused-ring (bicyclic) bond motifs is 4. The van der Waals surface area contributed by atoms with Crippen molar-refractivity contribution < 1.29 is 0 Å². The summed E-state index contributed by atoms with van der Waals surface area (Å²) < 4.78 is 0. The van der Waals surface area contributed by atoms with Crippen molar-refractivity contribution in [2.75, 3.05) is 14.1 Å². The van der Waals surface area contributed by atoms with E-state index in [4.69, 9.17) is 4.99 Å². The van der Waals surface area contributed by atoms with Gasteiger partial charge in [-0.2, -0.15) is 0 Å². The first-order chi connectivity index (χ1) is 13.2. The van der Waals surface area contributed by atoms with Crippen molar-refractivity contribution in [1.82, 2.24) is 4.90 Å². The SMILES string of the molecule is CN(C)[C@H]1C=CC[C@H]2c3cc4ccccc4cc3C(c3ccccc3)=NC21. The van der Waals surface area contributed by atoms with Gasteiger partial charge >= 0.3 is 0 Å². The number of hydrogen-bond donors (Lipinski definition) is 0. The Morgan fingerprint density at radius 3 is 2.33 bits per heavy atom. The molecule has 1 aliphatic carbocycles. The molecule has 3 aromatic carbocycles. The van der Waals surface area contributed by atoms with Gasteiger partial charge in [0.05, 0.1) is 17.8 Å². The highest BCUT2D eigenvalue weighted by Crippen LogP contribution is 2.41. The van der Waals surface area contributed by atoms with Gasteiger partial charge < -0.3 is 4.90 Å². The predicted octanol–water partition coefficient (Wildman–Crippen LogP) is 5.03. The van der Waals surface area contributed by atoms with Crippen LogP contribution in [0.4, 0.5) is 0 Å². The van der Waals surface area contributed by atoms with Crippen molar-refractivity contribution >= 4 is 16.5 Å². The quantitative estimate of drug-likeness (QED) is 0.591. The van der Waals surface area contributed by atoms with Crippen LogP contribution in [0.15, 0.2) is 83.9 Å². The monoisotopic (exact) mass is 352 g/mol. The lowest BCUT2D eigenvalue weighted by molar-refractivity contribution is 0.268. The molecule has 134 valence electrons. The van der Waals surface area contributed by atoms with Crippen LogP contribution in [0.25, 0.3) is 10.8 Å². The predicted molar refractivity (Wildman–Crippen MR) is 114 cm³/mol. The van der Waals surface area contributed by atoms with Crippen LogP contribution >= 0.6 is 0 Å². The van der Waals surface area contributed by atoms with Crippen LogP contribution in [0.2, 0.25) is 0 Å². The molecule has 2 nitrogen and oxygen atoms in total. The number of hydrogen-bond acceptors (Lipinski definition) is 2. The van der Waals surface area contributed by atoms with E-state index in [0.29, 0.717) is 12.0 Å². The average Bonchev–Trinajstić information content (AvgIpc) is 2.72. The van der Waals surface area contributed by atoms with Crippen LogP contribution in [0.3, 0.4) is 0 Å². The van der Waals surface area contributed by atoms with Crippen LogP contribution in [0, 0.1) is 0 Å². The molecule has 1 heterocycles. The summed E-state index contributed by atoms with van der Waals surface area (Å²) in [7, 11) is 4.32. The summed E-state index contributed by atoms with van der Waals surface area (Å²) in [5, 5.41) is 2.61. The molecule has 2 heteroatoms. The van der Waals surface area contributed by atoms with Crippen molar-refractivity contribution in [1.29, 1.82) is 0 Å². The van der Waals surface area contributed by atoms with E-state index in [1.54, 1.807) is 0 Å². The Hall–Kier alpha value is -2.71.